The van der Waals surface area contributed by atoms with Crippen molar-refractivity contribution >= 4 is 35.6 Å². The summed E-state index contributed by atoms with van der Waals surface area (Å²) in [5.41, 5.74) is -6.10. The quantitative estimate of drug-likeness (QED) is 0.112. The summed E-state index contributed by atoms with van der Waals surface area (Å²) in [6.45, 7) is 10.7. The maximum atomic E-state index is 15.1. The molecule has 2 saturated carbocycles. The molecule has 2 aromatic rings. The first-order valence-corrected chi connectivity index (χ1v) is 22.9. The molecule has 0 aromatic heterocycles. The third kappa shape index (κ3) is 8.54. The van der Waals surface area contributed by atoms with E-state index < -0.39 is 131 Å². The summed E-state index contributed by atoms with van der Waals surface area (Å²) in [6, 6.07) is 12.3. The fourth-order valence-electron chi connectivity index (χ4n) is 11.5. The monoisotopic (exact) mass is 933 g/mol. The minimum absolute atomic E-state index is 0.00288. The second-order valence-electron chi connectivity index (χ2n) is 19.8. The van der Waals surface area contributed by atoms with Gasteiger partial charge in [0.25, 0.3) is 0 Å². The highest BCUT2D eigenvalue weighted by atomic mass is 16.6. The number of amides is 3. The van der Waals surface area contributed by atoms with E-state index in [2.05, 4.69) is 10.6 Å². The highest BCUT2D eigenvalue weighted by Crippen LogP contribution is 2.64. The second kappa shape index (κ2) is 18.7. The Morgan fingerprint density at radius 3 is 2.19 bits per heavy atom. The number of hydrogen-bond donors (Lipinski definition) is 7. The number of ether oxygens (including phenoxy) is 4. The predicted molar refractivity (Wildman–Crippen MR) is 236 cm³/mol. The number of hydrogen-bond acceptors (Lipinski definition) is 14. The van der Waals surface area contributed by atoms with Crippen LogP contribution in [0.3, 0.4) is 0 Å². The molecule has 2 heterocycles. The molecule has 3 aliphatic carbocycles. The molecule has 2 saturated heterocycles. The summed E-state index contributed by atoms with van der Waals surface area (Å²) in [5.74, 6) is -6.40. The van der Waals surface area contributed by atoms with E-state index in [-0.39, 0.29) is 49.3 Å². The van der Waals surface area contributed by atoms with Gasteiger partial charge in [0.2, 0.25) is 5.91 Å². The van der Waals surface area contributed by atoms with Gasteiger partial charge in [0.1, 0.15) is 36.0 Å². The molecule has 2 bridgehead atoms. The number of ketones is 1. The van der Waals surface area contributed by atoms with Gasteiger partial charge >= 0.3 is 23.9 Å². The van der Waals surface area contributed by atoms with Gasteiger partial charge in [-0.2, -0.15) is 0 Å². The average Bonchev–Trinajstić information content (AvgIpc) is 3.78. The first-order chi connectivity index (χ1) is 31.5. The van der Waals surface area contributed by atoms with Crippen molar-refractivity contribution in [3.8, 4) is 0 Å². The molecular weight excluding hydrogens is 871 g/mol. The maximum Gasteiger partial charge on any atom is 0.338 e. The van der Waals surface area contributed by atoms with E-state index in [1.54, 1.807) is 82.3 Å². The molecule has 2 unspecified atom stereocenters. The number of carboxylic acids is 1. The highest BCUT2D eigenvalue weighted by molar-refractivity contribution is 5.94. The normalized spacial score (nSPS) is 33.4. The van der Waals surface area contributed by atoms with E-state index in [1.807, 2.05) is 6.07 Å². The van der Waals surface area contributed by atoms with E-state index >= 15 is 4.79 Å². The Morgan fingerprint density at radius 1 is 0.970 bits per heavy atom. The van der Waals surface area contributed by atoms with Crippen molar-refractivity contribution in [3.63, 3.8) is 0 Å². The summed E-state index contributed by atoms with van der Waals surface area (Å²) in [4.78, 5) is 83.0. The van der Waals surface area contributed by atoms with Crippen molar-refractivity contribution < 1.29 is 73.2 Å². The Kier molecular flexibility index (Phi) is 13.8. The zero-order valence-corrected chi connectivity index (χ0v) is 38.8. The lowest BCUT2D eigenvalue weighted by Crippen LogP contribution is -2.81. The fourth-order valence-corrected chi connectivity index (χ4v) is 11.5. The van der Waals surface area contributed by atoms with Crippen LogP contribution in [0.25, 0.3) is 0 Å². The minimum atomic E-state index is -2.19. The van der Waals surface area contributed by atoms with Gasteiger partial charge in [0, 0.05) is 37.6 Å². The molecule has 2 aliphatic heterocycles. The third-order valence-electron chi connectivity index (χ3n) is 15.3. The van der Waals surface area contributed by atoms with Gasteiger partial charge in [-0.3, -0.25) is 14.4 Å². The summed E-state index contributed by atoms with van der Waals surface area (Å²) in [7, 11) is 0. The fraction of sp³-hybridized carbons (Fsp3) is 0.592. The van der Waals surface area contributed by atoms with Crippen LogP contribution < -0.4 is 10.6 Å². The SMILES string of the molecule is CC(=O)O[C@@]12COC1C[C@H](O)[C@@]1(C)C(=O)[C@H](O)C3=C(C)[C@@H](OC(=O)[C@H](O)[C@@H](NC(=O)N[C@H](C(=O)N4CCC[C@H]4C(=O)O)C(C)C)c4ccccc4)C[C@@](O)([C@@H](OCc4ccccc4)C21)C3(C)C. The number of nitrogens with one attached hydrogen (secondary N) is 2. The number of Topliss-reactive ketones (excluding diaryl/α,β-unsaturated/α-hetero) is 1. The summed E-state index contributed by atoms with van der Waals surface area (Å²) < 4.78 is 24.9. The third-order valence-corrected chi connectivity index (χ3v) is 15.3. The zero-order chi connectivity index (χ0) is 49.0. The van der Waals surface area contributed by atoms with E-state index in [0.717, 1.165) is 0 Å². The lowest BCUT2D eigenvalue weighted by Gasteiger charge is -2.67. The summed E-state index contributed by atoms with van der Waals surface area (Å²) in [5, 5.41) is 64.7. The van der Waals surface area contributed by atoms with Crippen molar-refractivity contribution in [2.45, 2.75) is 147 Å². The number of rotatable bonds is 13. The largest absolute Gasteiger partial charge is 0.480 e. The van der Waals surface area contributed by atoms with Crippen LogP contribution in [0.15, 0.2) is 71.8 Å². The van der Waals surface area contributed by atoms with Crippen LogP contribution in [0.1, 0.15) is 91.3 Å². The lowest BCUT2D eigenvalue weighted by molar-refractivity contribution is -0.351. The number of aliphatic hydroxyl groups is 4. The maximum absolute atomic E-state index is 15.1. The zero-order valence-electron chi connectivity index (χ0n) is 38.8. The van der Waals surface area contributed by atoms with Crippen LogP contribution in [0, 0.1) is 22.7 Å². The summed E-state index contributed by atoms with van der Waals surface area (Å²) in [6.07, 6.45) is -9.23. The lowest BCUT2D eigenvalue weighted by atomic mass is 9.44. The molecule has 18 nitrogen and oxygen atoms in total. The number of carbonyl (C=O) groups is 6. The van der Waals surface area contributed by atoms with E-state index in [4.69, 9.17) is 18.9 Å². The average molecular weight is 934 g/mol. The van der Waals surface area contributed by atoms with Gasteiger partial charge < -0.3 is 60.0 Å². The number of aliphatic carboxylic acids is 1. The number of nitrogens with zero attached hydrogens (tertiary/aromatic N) is 1. The number of urea groups is 1. The topological polar surface area (TPSA) is 268 Å². The molecule has 5 aliphatic rings. The van der Waals surface area contributed by atoms with Gasteiger partial charge in [0.15, 0.2) is 17.5 Å². The van der Waals surface area contributed by atoms with E-state index in [0.29, 0.717) is 12.0 Å². The van der Waals surface area contributed by atoms with Crippen LogP contribution in [-0.2, 0) is 49.5 Å². The smallest absolute Gasteiger partial charge is 0.338 e. The van der Waals surface area contributed by atoms with Crippen LogP contribution >= 0.6 is 0 Å². The number of carboxylic acid groups (broad SMARTS) is 1. The number of esters is 2. The van der Waals surface area contributed by atoms with Crippen molar-refractivity contribution in [2.24, 2.45) is 22.7 Å². The molecule has 7 rings (SSSR count). The molecule has 2 aromatic carbocycles. The molecular formula is C49H63N3O15. The number of aliphatic hydroxyl groups excluding tert-OH is 3. The van der Waals surface area contributed by atoms with Crippen LogP contribution in [0.4, 0.5) is 4.79 Å². The molecule has 13 atom stereocenters. The Hall–Kier alpha value is -5.24. The Bertz CT molecular complexity index is 2270. The number of likely N-dealkylation sites (tertiary alicyclic amines) is 1. The Morgan fingerprint density at radius 2 is 1.61 bits per heavy atom. The van der Waals surface area contributed by atoms with Crippen LogP contribution in [0.5, 0.6) is 0 Å². The summed E-state index contributed by atoms with van der Waals surface area (Å²) >= 11 is 0. The molecule has 364 valence electrons. The van der Waals surface area contributed by atoms with Gasteiger partial charge in [-0.05, 0) is 54.9 Å². The first kappa shape index (κ1) is 49.7. The van der Waals surface area contributed by atoms with Crippen LogP contribution in [0.2, 0.25) is 0 Å². The van der Waals surface area contributed by atoms with Crippen molar-refractivity contribution in [1.82, 2.24) is 15.5 Å². The molecule has 0 radical (unpaired) electrons. The van der Waals surface area contributed by atoms with Gasteiger partial charge in [-0.15, -0.1) is 0 Å². The molecule has 4 fully saturated rings. The van der Waals surface area contributed by atoms with Gasteiger partial charge in [0.05, 0.1) is 36.9 Å². The predicted octanol–water partition coefficient (Wildman–Crippen LogP) is 2.49. The Balaban J connectivity index is 1.25. The number of carbonyl (C=O) groups excluding carboxylic acids is 5. The van der Waals surface area contributed by atoms with Crippen LogP contribution in [-0.4, -0.2) is 139 Å². The number of fused-ring (bicyclic) bond motifs is 5. The van der Waals surface area contributed by atoms with Crippen molar-refractivity contribution in [1.29, 1.82) is 0 Å². The minimum Gasteiger partial charge on any atom is -0.480 e. The van der Waals surface area contributed by atoms with Gasteiger partial charge in [-0.25, -0.2) is 14.4 Å². The van der Waals surface area contributed by atoms with Crippen molar-refractivity contribution in [2.75, 3.05) is 13.2 Å². The highest BCUT2D eigenvalue weighted by Gasteiger charge is 2.77. The standard InChI is InChI=1S/C49H63N3O15/c1-25(2)35(42(58)52-20-14-19-30(52)43(59)60)50-45(62)51-36(29-17-12-9-13-18-29)38(56)44(61)66-31-22-49(63)41(64-23-28-15-10-8-11-16-28)39-47(7,40(57)37(55)34(26(31)3)46(49,5)6)32(54)21-33-48(39,24-65-33)67-27(4)53/h8-13,15-18,25,30-33,35-39,41,54-56,63H,14,19-24H2,1-7H3,(H,59,60)(H2,50,51,62)/t30-,31-,32-,33?,35-,36-,37+,38+,39?,41-,47+,48-,49+/m0/s1. The van der Waals surface area contributed by atoms with Crippen molar-refractivity contribution in [3.05, 3.63) is 82.9 Å². The van der Waals surface area contributed by atoms with Gasteiger partial charge in [-0.1, -0.05) is 88.4 Å². The molecule has 67 heavy (non-hydrogen) atoms. The molecule has 7 N–H and O–H groups in total. The van der Waals surface area contributed by atoms with E-state index in [9.17, 15) is 49.5 Å². The molecule has 18 heteroatoms. The first-order valence-electron chi connectivity index (χ1n) is 22.9. The molecule has 3 amide bonds. The molecule has 0 spiro atoms. The second-order valence-corrected chi connectivity index (χ2v) is 19.8. The Labute approximate surface area is 389 Å². The number of benzene rings is 2. The van der Waals surface area contributed by atoms with E-state index in [1.165, 1.54) is 25.7 Å².